The number of aryl methyl sites for hydroxylation is 1. The summed E-state index contributed by atoms with van der Waals surface area (Å²) in [6.45, 7) is 12.1. The second-order valence-corrected chi connectivity index (χ2v) is 5.63. The summed E-state index contributed by atoms with van der Waals surface area (Å²) < 4.78 is 0. The normalized spacial score (nSPS) is 17.7. The molecule has 5 heteroatoms. The molecule has 1 fully saturated rings. The quantitative estimate of drug-likeness (QED) is 0.847. The molecule has 1 aromatic heterocycles. The number of nitrogens with one attached hydrogen (secondary N) is 2. The molecule has 1 aromatic rings. The fourth-order valence-electron chi connectivity index (χ4n) is 2.69. The van der Waals surface area contributed by atoms with Crippen LogP contribution in [0.1, 0.15) is 37.9 Å². The molecule has 106 valence electrons. The number of H-pyrrole nitrogens is 1. The Bertz CT molecular complexity index is 501. The molecule has 0 saturated carbocycles. The van der Waals surface area contributed by atoms with E-state index in [1.54, 1.807) is 0 Å². The standard InChI is InChI=1S/C14H24N4O/c1-5-11-10(2)16-13(17-12(11)19)14(3,4)18-8-6-15-7-9-18/h15H,5-9H2,1-4H3,(H,16,17,19). The van der Waals surface area contributed by atoms with E-state index in [2.05, 4.69) is 34.0 Å². The summed E-state index contributed by atoms with van der Waals surface area (Å²) in [4.78, 5) is 22.1. The monoisotopic (exact) mass is 264 g/mol. The molecule has 2 N–H and O–H groups in total. The second-order valence-electron chi connectivity index (χ2n) is 5.63. The van der Waals surface area contributed by atoms with E-state index in [9.17, 15) is 4.79 Å². The highest BCUT2D eigenvalue weighted by Gasteiger charge is 2.32. The molecule has 0 amide bonds. The number of nitrogens with zero attached hydrogens (tertiary/aromatic N) is 2. The van der Waals surface area contributed by atoms with Gasteiger partial charge in [0.1, 0.15) is 5.82 Å². The van der Waals surface area contributed by atoms with E-state index < -0.39 is 0 Å². The summed E-state index contributed by atoms with van der Waals surface area (Å²) in [6.07, 6.45) is 0.725. The molecule has 0 aliphatic carbocycles. The maximum Gasteiger partial charge on any atom is 0.254 e. The molecule has 1 aliphatic rings. The highest BCUT2D eigenvalue weighted by molar-refractivity contribution is 5.18. The SMILES string of the molecule is CCc1c(C)nc(C(C)(C)N2CCNCC2)[nH]c1=O. The van der Waals surface area contributed by atoms with E-state index in [-0.39, 0.29) is 11.1 Å². The Morgan fingerprint density at radius 3 is 2.47 bits per heavy atom. The van der Waals surface area contributed by atoms with Crippen LogP contribution in [0.15, 0.2) is 4.79 Å². The zero-order valence-electron chi connectivity index (χ0n) is 12.3. The Balaban J connectivity index is 2.37. The van der Waals surface area contributed by atoms with Gasteiger partial charge in [-0.25, -0.2) is 4.98 Å². The van der Waals surface area contributed by atoms with E-state index in [0.29, 0.717) is 0 Å². The van der Waals surface area contributed by atoms with Crippen molar-refractivity contribution in [2.45, 2.75) is 39.7 Å². The average Bonchev–Trinajstić information content (AvgIpc) is 2.39. The van der Waals surface area contributed by atoms with Gasteiger partial charge in [-0.05, 0) is 27.2 Å². The lowest BCUT2D eigenvalue weighted by Crippen LogP contribution is -2.52. The highest BCUT2D eigenvalue weighted by Crippen LogP contribution is 2.24. The first-order valence-corrected chi connectivity index (χ1v) is 7.03. The number of aromatic nitrogens is 2. The van der Waals surface area contributed by atoms with Crippen molar-refractivity contribution in [3.63, 3.8) is 0 Å². The van der Waals surface area contributed by atoms with Crippen LogP contribution in [-0.2, 0) is 12.0 Å². The summed E-state index contributed by atoms with van der Waals surface area (Å²) in [5, 5.41) is 3.35. The average molecular weight is 264 g/mol. The molecule has 0 atom stereocenters. The third kappa shape index (κ3) is 2.72. The molecule has 0 bridgehead atoms. The van der Waals surface area contributed by atoms with Crippen molar-refractivity contribution >= 4 is 0 Å². The first kappa shape index (κ1) is 14.2. The van der Waals surface area contributed by atoms with Crippen LogP contribution in [0.4, 0.5) is 0 Å². The lowest BCUT2D eigenvalue weighted by Gasteiger charge is -2.40. The molecule has 19 heavy (non-hydrogen) atoms. The molecule has 0 radical (unpaired) electrons. The van der Waals surface area contributed by atoms with Gasteiger partial charge in [0, 0.05) is 37.4 Å². The third-order valence-electron chi connectivity index (χ3n) is 4.06. The van der Waals surface area contributed by atoms with Crippen molar-refractivity contribution in [1.29, 1.82) is 0 Å². The largest absolute Gasteiger partial charge is 0.314 e. The Labute approximate surface area is 114 Å². The molecule has 0 aromatic carbocycles. The summed E-state index contributed by atoms with van der Waals surface area (Å²) in [5.41, 5.74) is 1.41. The van der Waals surface area contributed by atoms with Gasteiger partial charge in [-0.3, -0.25) is 9.69 Å². The number of rotatable bonds is 3. The fourth-order valence-corrected chi connectivity index (χ4v) is 2.69. The van der Waals surface area contributed by atoms with Crippen molar-refractivity contribution in [2.75, 3.05) is 26.2 Å². The summed E-state index contributed by atoms with van der Waals surface area (Å²) in [7, 11) is 0. The molecular formula is C14H24N4O. The predicted molar refractivity (Wildman–Crippen MR) is 76.4 cm³/mol. The second kappa shape index (κ2) is 5.43. The van der Waals surface area contributed by atoms with Gasteiger partial charge >= 0.3 is 0 Å². The molecular weight excluding hydrogens is 240 g/mol. The van der Waals surface area contributed by atoms with Gasteiger partial charge < -0.3 is 10.3 Å². The van der Waals surface area contributed by atoms with Gasteiger partial charge in [0.15, 0.2) is 0 Å². The molecule has 2 heterocycles. The first-order chi connectivity index (χ1) is 8.96. The minimum absolute atomic E-state index is 0.00760. The van der Waals surface area contributed by atoms with E-state index in [4.69, 9.17) is 0 Å². The lowest BCUT2D eigenvalue weighted by molar-refractivity contribution is 0.0943. The smallest absolute Gasteiger partial charge is 0.254 e. The van der Waals surface area contributed by atoms with Gasteiger partial charge in [-0.15, -0.1) is 0 Å². The number of aromatic amines is 1. The topological polar surface area (TPSA) is 61.0 Å². The van der Waals surface area contributed by atoms with Gasteiger partial charge in [-0.1, -0.05) is 6.92 Å². The van der Waals surface area contributed by atoms with Crippen LogP contribution in [-0.4, -0.2) is 41.0 Å². The van der Waals surface area contributed by atoms with Crippen LogP contribution in [0.25, 0.3) is 0 Å². The molecule has 1 saturated heterocycles. The van der Waals surface area contributed by atoms with Gasteiger partial charge in [-0.2, -0.15) is 0 Å². The summed E-state index contributed by atoms with van der Waals surface area (Å²) >= 11 is 0. The number of hydrogen-bond donors (Lipinski definition) is 2. The van der Waals surface area contributed by atoms with Crippen LogP contribution in [0.2, 0.25) is 0 Å². The van der Waals surface area contributed by atoms with Crippen molar-refractivity contribution in [2.24, 2.45) is 0 Å². The Morgan fingerprint density at radius 1 is 1.32 bits per heavy atom. The van der Waals surface area contributed by atoms with Crippen molar-refractivity contribution in [1.82, 2.24) is 20.2 Å². The lowest BCUT2D eigenvalue weighted by atomic mass is 10.00. The van der Waals surface area contributed by atoms with Crippen LogP contribution < -0.4 is 10.9 Å². The van der Waals surface area contributed by atoms with Crippen LogP contribution in [0.5, 0.6) is 0 Å². The molecule has 2 rings (SSSR count). The van der Waals surface area contributed by atoms with Crippen molar-refractivity contribution in [3.05, 3.63) is 27.4 Å². The molecule has 1 aliphatic heterocycles. The minimum atomic E-state index is -0.238. The first-order valence-electron chi connectivity index (χ1n) is 7.03. The van der Waals surface area contributed by atoms with Crippen LogP contribution in [0, 0.1) is 6.92 Å². The van der Waals surface area contributed by atoms with E-state index >= 15 is 0 Å². The Hall–Kier alpha value is -1.20. The molecule has 0 unspecified atom stereocenters. The number of piperazine rings is 1. The zero-order chi connectivity index (χ0) is 14.0. The summed E-state index contributed by atoms with van der Waals surface area (Å²) in [6, 6.07) is 0. The number of hydrogen-bond acceptors (Lipinski definition) is 4. The van der Waals surface area contributed by atoms with E-state index in [1.807, 2.05) is 13.8 Å². The Morgan fingerprint density at radius 2 is 1.95 bits per heavy atom. The molecule has 5 nitrogen and oxygen atoms in total. The van der Waals surface area contributed by atoms with Crippen LogP contribution in [0.3, 0.4) is 0 Å². The maximum atomic E-state index is 12.1. The van der Waals surface area contributed by atoms with Gasteiger partial charge in [0.05, 0.1) is 5.54 Å². The maximum absolute atomic E-state index is 12.1. The predicted octanol–water partition coefficient (Wildman–Crippen LogP) is 0.781. The fraction of sp³-hybridized carbons (Fsp3) is 0.714. The van der Waals surface area contributed by atoms with E-state index in [1.165, 1.54) is 0 Å². The molecule has 0 spiro atoms. The summed E-state index contributed by atoms with van der Waals surface area (Å²) in [5.74, 6) is 0.772. The van der Waals surface area contributed by atoms with E-state index in [0.717, 1.165) is 49.7 Å². The van der Waals surface area contributed by atoms with Crippen molar-refractivity contribution < 1.29 is 0 Å². The van der Waals surface area contributed by atoms with Crippen LogP contribution >= 0.6 is 0 Å². The zero-order valence-corrected chi connectivity index (χ0v) is 12.3. The highest BCUT2D eigenvalue weighted by atomic mass is 16.1. The minimum Gasteiger partial charge on any atom is -0.314 e. The van der Waals surface area contributed by atoms with Gasteiger partial charge in [0.2, 0.25) is 0 Å². The third-order valence-corrected chi connectivity index (χ3v) is 4.06. The van der Waals surface area contributed by atoms with Gasteiger partial charge in [0.25, 0.3) is 5.56 Å². The van der Waals surface area contributed by atoms with Crippen molar-refractivity contribution in [3.8, 4) is 0 Å². The Kier molecular flexibility index (Phi) is 4.06.